The molecule has 2 N–H and O–H groups in total. The smallest absolute Gasteiger partial charge is 0.225 e. The summed E-state index contributed by atoms with van der Waals surface area (Å²) in [6.45, 7) is 4.69. The highest BCUT2D eigenvalue weighted by Gasteiger charge is 2.27. The maximum absolute atomic E-state index is 12.4. The number of nitrogens with zero attached hydrogens (tertiary/aromatic N) is 2. The van der Waals surface area contributed by atoms with E-state index in [0.717, 1.165) is 29.2 Å². The number of para-hydroxylation sites is 1. The largest absolute Gasteiger partial charge is 0.326 e. The third kappa shape index (κ3) is 3.11. The first-order chi connectivity index (χ1) is 11.1. The minimum Gasteiger partial charge on any atom is -0.326 e. The molecule has 0 bridgehead atoms. The van der Waals surface area contributed by atoms with Crippen LogP contribution in [-0.2, 0) is 16.1 Å². The predicted molar refractivity (Wildman–Crippen MR) is 88.3 cm³/mol. The van der Waals surface area contributed by atoms with E-state index in [9.17, 15) is 9.59 Å². The number of aryl methyl sites for hydroxylation is 1. The standard InChI is InChI=1S/C17H20N4O2/c1-3-21-11(2)15(10-18-21)20-17(23)9-12-8-16(22)19-14-7-5-4-6-13(12)14/h4-7,10,12H,3,8-9H2,1-2H3,(H,19,22)(H,20,23). The quantitative estimate of drug-likeness (QED) is 0.911. The van der Waals surface area contributed by atoms with E-state index >= 15 is 0 Å². The Kier molecular flexibility index (Phi) is 4.14. The Bertz CT molecular complexity index is 751. The molecule has 2 heterocycles. The number of aromatic nitrogens is 2. The Hall–Kier alpha value is -2.63. The number of amides is 2. The Morgan fingerprint density at radius 1 is 1.43 bits per heavy atom. The topological polar surface area (TPSA) is 76.0 Å². The highest BCUT2D eigenvalue weighted by molar-refractivity contribution is 5.97. The van der Waals surface area contributed by atoms with Gasteiger partial charge in [0.1, 0.15) is 0 Å². The van der Waals surface area contributed by atoms with Crippen molar-refractivity contribution in [3.05, 3.63) is 41.7 Å². The second-order valence-electron chi connectivity index (χ2n) is 5.75. The van der Waals surface area contributed by atoms with E-state index in [0.29, 0.717) is 6.42 Å². The van der Waals surface area contributed by atoms with Crippen LogP contribution in [0.25, 0.3) is 0 Å². The van der Waals surface area contributed by atoms with Gasteiger partial charge in [-0.3, -0.25) is 14.3 Å². The average Bonchev–Trinajstić information content (AvgIpc) is 2.87. The number of fused-ring (bicyclic) bond motifs is 1. The third-order valence-electron chi connectivity index (χ3n) is 4.22. The van der Waals surface area contributed by atoms with Crippen molar-refractivity contribution >= 4 is 23.2 Å². The van der Waals surface area contributed by atoms with E-state index < -0.39 is 0 Å². The van der Waals surface area contributed by atoms with Crippen LogP contribution in [0.5, 0.6) is 0 Å². The molecule has 1 aliphatic heterocycles. The molecule has 1 unspecified atom stereocenters. The molecule has 1 aromatic carbocycles. The van der Waals surface area contributed by atoms with Crippen molar-refractivity contribution in [3.63, 3.8) is 0 Å². The van der Waals surface area contributed by atoms with Gasteiger partial charge in [0, 0.05) is 31.0 Å². The number of hydrogen-bond acceptors (Lipinski definition) is 3. The first kappa shape index (κ1) is 15.3. The third-order valence-corrected chi connectivity index (χ3v) is 4.22. The van der Waals surface area contributed by atoms with Crippen LogP contribution in [0, 0.1) is 6.92 Å². The molecule has 2 aromatic rings. The molecule has 2 amide bonds. The van der Waals surface area contributed by atoms with Gasteiger partial charge in [-0.15, -0.1) is 0 Å². The fourth-order valence-electron chi connectivity index (χ4n) is 3.00. The van der Waals surface area contributed by atoms with Gasteiger partial charge in [0.2, 0.25) is 11.8 Å². The lowest BCUT2D eigenvalue weighted by Crippen LogP contribution is -2.26. The maximum Gasteiger partial charge on any atom is 0.225 e. The van der Waals surface area contributed by atoms with Gasteiger partial charge in [0.05, 0.1) is 17.6 Å². The van der Waals surface area contributed by atoms with Crippen LogP contribution in [0.15, 0.2) is 30.5 Å². The van der Waals surface area contributed by atoms with Gasteiger partial charge in [-0.2, -0.15) is 5.10 Å². The van der Waals surface area contributed by atoms with Gasteiger partial charge in [-0.1, -0.05) is 18.2 Å². The average molecular weight is 312 g/mol. The molecule has 6 nitrogen and oxygen atoms in total. The summed E-state index contributed by atoms with van der Waals surface area (Å²) in [5.74, 6) is -0.240. The molecular formula is C17H20N4O2. The van der Waals surface area contributed by atoms with Gasteiger partial charge in [-0.05, 0) is 25.5 Å². The zero-order valence-electron chi connectivity index (χ0n) is 13.3. The second kappa shape index (κ2) is 6.24. The van der Waals surface area contributed by atoms with Crippen LogP contribution in [0.4, 0.5) is 11.4 Å². The van der Waals surface area contributed by atoms with Crippen LogP contribution in [-0.4, -0.2) is 21.6 Å². The summed E-state index contributed by atoms with van der Waals surface area (Å²) in [5.41, 5.74) is 3.48. The molecule has 1 aromatic heterocycles. The molecule has 1 aliphatic rings. The molecular weight excluding hydrogens is 292 g/mol. The first-order valence-electron chi connectivity index (χ1n) is 7.79. The van der Waals surface area contributed by atoms with Crippen molar-refractivity contribution < 1.29 is 9.59 Å². The molecule has 0 aliphatic carbocycles. The van der Waals surface area contributed by atoms with Crippen molar-refractivity contribution in [2.24, 2.45) is 0 Å². The second-order valence-corrected chi connectivity index (χ2v) is 5.75. The first-order valence-corrected chi connectivity index (χ1v) is 7.79. The molecule has 0 spiro atoms. The maximum atomic E-state index is 12.4. The van der Waals surface area contributed by atoms with Gasteiger partial charge in [0.15, 0.2) is 0 Å². The van der Waals surface area contributed by atoms with Crippen molar-refractivity contribution in [2.45, 2.75) is 39.2 Å². The number of hydrogen-bond donors (Lipinski definition) is 2. The zero-order chi connectivity index (χ0) is 16.4. The van der Waals surface area contributed by atoms with Crippen LogP contribution in [0.3, 0.4) is 0 Å². The van der Waals surface area contributed by atoms with Crippen LogP contribution in [0.1, 0.15) is 36.9 Å². The number of carbonyl (C=O) groups is 2. The van der Waals surface area contributed by atoms with E-state index in [-0.39, 0.29) is 24.2 Å². The molecule has 0 fully saturated rings. The van der Waals surface area contributed by atoms with E-state index in [2.05, 4.69) is 15.7 Å². The molecule has 1 atom stereocenters. The molecule has 120 valence electrons. The summed E-state index contributed by atoms with van der Waals surface area (Å²) >= 11 is 0. The molecule has 0 saturated heterocycles. The van der Waals surface area contributed by atoms with E-state index in [1.165, 1.54) is 0 Å². The van der Waals surface area contributed by atoms with E-state index in [1.807, 2.05) is 42.8 Å². The normalized spacial score (nSPS) is 16.6. The summed E-state index contributed by atoms with van der Waals surface area (Å²) in [5, 5.41) is 9.97. The molecule has 6 heteroatoms. The van der Waals surface area contributed by atoms with Crippen LogP contribution >= 0.6 is 0 Å². The van der Waals surface area contributed by atoms with Gasteiger partial charge in [-0.25, -0.2) is 0 Å². The summed E-state index contributed by atoms with van der Waals surface area (Å²) in [6, 6.07) is 7.64. The summed E-state index contributed by atoms with van der Waals surface area (Å²) in [4.78, 5) is 24.2. The Morgan fingerprint density at radius 3 is 2.96 bits per heavy atom. The lowest BCUT2D eigenvalue weighted by molar-refractivity contribution is -0.118. The molecule has 3 rings (SSSR count). The SMILES string of the molecule is CCn1ncc(NC(=O)CC2CC(=O)Nc3ccccc32)c1C. The lowest BCUT2D eigenvalue weighted by Gasteiger charge is -2.25. The molecule has 0 saturated carbocycles. The fraction of sp³-hybridized carbons (Fsp3) is 0.353. The van der Waals surface area contributed by atoms with Crippen LogP contribution in [0.2, 0.25) is 0 Å². The number of nitrogens with one attached hydrogen (secondary N) is 2. The number of anilines is 2. The Labute approximate surface area is 134 Å². The molecule has 0 radical (unpaired) electrons. The van der Waals surface area contributed by atoms with E-state index in [1.54, 1.807) is 6.20 Å². The highest BCUT2D eigenvalue weighted by Crippen LogP contribution is 2.34. The van der Waals surface area contributed by atoms with Gasteiger partial charge < -0.3 is 10.6 Å². The van der Waals surface area contributed by atoms with Crippen LogP contribution < -0.4 is 10.6 Å². The number of benzene rings is 1. The van der Waals surface area contributed by atoms with Crippen molar-refractivity contribution in [3.8, 4) is 0 Å². The Balaban J connectivity index is 1.73. The molecule has 23 heavy (non-hydrogen) atoms. The summed E-state index contributed by atoms with van der Waals surface area (Å²) in [7, 11) is 0. The van der Waals surface area contributed by atoms with Gasteiger partial charge >= 0.3 is 0 Å². The Morgan fingerprint density at radius 2 is 2.22 bits per heavy atom. The van der Waals surface area contributed by atoms with Crippen molar-refractivity contribution in [1.29, 1.82) is 0 Å². The van der Waals surface area contributed by atoms with E-state index in [4.69, 9.17) is 0 Å². The highest BCUT2D eigenvalue weighted by atomic mass is 16.2. The summed E-state index contributed by atoms with van der Waals surface area (Å²) in [6.07, 6.45) is 2.27. The minimum atomic E-state index is -0.0988. The summed E-state index contributed by atoms with van der Waals surface area (Å²) < 4.78 is 1.83. The fourth-order valence-corrected chi connectivity index (χ4v) is 3.00. The zero-order valence-corrected chi connectivity index (χ0v) is 13.3. The van der Waals surface area contributed by atoms with Crippen molar-refractivity contribution in [1.82, 2.24) is 9.78 Å². The number of rotatable bonds is 4. The van der Waals surface area contributed by atoms with Crippen molar-refractivity contribution in [2.75, 3.05) is 10.6 Å². The lowest BCUT2D eigenvalue weighted by atomic mass is 9.88. The number of carbonyl (C=O) groups excluding carboxylic acids is 2. The monoisotopic (exact) mass is 312 g/mol. The van der Waals surface area contributed by atoms with Gasteiger partial charge in [0.25, 0.3) is 0 Å². The predicted octanol–water partition coefficient (Wildman–Crippen LogP) is 2.67. The minimum absolute atomic E-state index is 0.0449.